The Morgan fingerprint density at radius 3 is 2.65 bits per heavy atom. The van der Waals surface area contributed by atoms with Gasteiger partial charge in [0.1, 0.15) is 5.69 Å². The molecule has 3 rings (SSSR count). The summed E-state index contributed by atoms with van der Waals surface area (Å²) < 4.78 is 5.52. The summed E-state index contributed by atoms with van der Waals surface area (Å²) >= 11 is 0. The zero-order valence-corrected chi connectivity index (χ0v) is 14.9. The number of halogens is 1. The Morgan fingerprint density at radius 2 is 2.00 bits per heavy atom. The van der Waals surface area contributed by atoms with Gasteiger partial charge >= 0.3 is 0 Å². The molecule has 0 amide bonds. The lowest BCUT2D eigenvalue weighted by molar-refractivity contribution is 0.0826. The maximum absolute atomic E-state index is 6.20. The number of aromatic nitrogens is 1. The monoisotopic (exact) mass is 335 g/mol. The fraction of sp³-hybridized carbons (Fsp3) is 0.500. The molecule has 5 heteroatoms. The van der Waals surface area contributed by atoms with Crippen molar-refractivity contribution in [1.82, 2.24) is 10.1 Å². The molecule has 2 N–H and O–H groups in total. The zero-order chi connectivity index (χ0) is 15.7. The first-order chi connectivity index (χ1) is 10.4. The largest absolute Gasteiger partial charge is 0.359 e. The quantitative estimate of drug-likeness (QED) is 0.930. The average Bonchev–Trinajstić information content (AvgIpc) is 2.92. The van der Waals surface area contributed by atoms with E-state index in [9.17, 15) is 0 Å². The molecule has 0 bridgehead atoms. The van der Waals surface area contributed by atoms with Crippen molar-refractivity contribution >= 4 is 12.4 Å². The summed E-state index contributed by atoms with van der Waals surface area (Å²) in [4.78, 5) is 2.41. The van der Waals surface area contributed by atoms with Gasteiger partial charge in [0.05, 0.1) is 6.54 Å². The number of rotatable bonds is 3. The van der Waals surface area contributed by atoms with Gasteiger partial charge in [0.2, 0.25) is 0 Å². The number of piperidine rings is 1. The summed E-state index contributed by atoms with van der Waals surface area (Å²) in [5.74, 6) is 0.918. The van der Waals surface area contributed by atoms with Gasteiger partial charge in [-0.1, -0.05) is 48.8 Å². The molecule has 1 atom stereocenters. The second-order valence-corrected chi connectivity index (χ2v) is 7.14. The highest BCUT2D eigenvalue weighted by Gasteiger charge is 2.33. The highest BCUT2D eigenvalue weighted by atomic mass is 35.5. The minimum absolute atomic E-state index is 0. The first-order valence-corrected chi connectivity index (χ1v) is 7.95. The van der Waals surface area contributed by atoms with Crippen LogP contribution in [0.15, 0.2) is 34.9 Å². The molecular weight excluding hydrogens is 310 g/mol. The average molecular weight is 336 g/mol. The lowest BCUT2D eigenvalue weighted by Gasteiger charge is -2.42. The van der Waals surface area contributed by atoms with E-state index in [0.717, 1.165) is 43.1 Å². The van der Waals surface area contributed by atoms with Crippen molar-refractivity contribution in [1.29, 1.82) is 0 Å². The third kappa shape index (κ3) is 4.14. The van der Waals surface area contributed by atoms with Gasteiger partial charge in [0, 0.05) is 30.8 Å². The number of nitrogens with zero attached hydrogens (tertiary/aromatic N) is 2. The minimum Gasteiger partial charge on any atom is -0.359 e. The van der Waals surface area contributed by atoms with Crippen molar-refractivity contribution in [3.8, 4) is 11.3 Å². The maximum Gasteiger partial charge on any atom is 0.151 e. The van der Waals surface area contributed by atoms with E-state index in [1.807, 2.05) is 6.07 Å². The van der Waals surface area contributed by atoms with Crippen LogP contribution in [-0.4, -0.2) is 29.2 Å². The normalized spacial score (nSPS) is 21.0. The van der Waals surface area contributed by atoms with Gasteiger partial charge in [0.15, 0.2) is 5.76 Å². The van der Waals surface area contributed by atoms with Gasteiger partial charge in [-0.15, -0.1) is 12.4 Å². The van der Waals surface area contributed by atoms with E-state index in [2.05, 4.69) is 55.1 Å². The van der Waals surface area contributed by atoms with E-state index >= 15 is 0 Å². The predicted molar refractivity (Wildman–Crippen MR) is 95.6 cm³/mol. The molecule has 1 unspecified atom stereocenters. The van der Waals surface area contributed by atoms with Crippen LogP contribution in [0.5, 0.6) is 0 Å². The molecular formula is C18H26ClN3O. The number of aryl methyl sites for hydroxylation is 1. The van der Waals surface area contributed by atoms with Crippen LogP contribution in [0.2, 0.25) is 0 Å². The van der Waals surface area contributed by atoms with E-state index < -0.39 is 0 Å². The number of hydrogen-bond donors (Lipinski definition) is 1. The Kier molecular flexibility index (Phi) is 5.50. The molecule has 23 heavy (non-hydrogen) atoms. The summed E-state index contributed by atoms with van der Waals surface area (Å²) in [5, 5.41) is 4.21. The molecule has 1 aliphatic heterocycles. The summed E-state index contributed by atoms with van der Waals surface area (Å²) in [7, 11) is 0. The van der Waals surface area contributed by atoms with Crippen molar-refractivity contribution in [2.45, 2.75) is 39.8 Å². The molecule has 1 saturated heterocycles. The third-order valence-electron chi connectivity index (χ3n) is 4.68. The molecule has 126 valence electrons. The van der Waals surface area contributed by atoms with Gasteiger partial charge in [-0.25, -0.2) is 0 Å². The Hall–Kier alpha value is -1.36. The van der Waals surface area contributed by atoms with E-state index in [4.69, 9.17) is 10.3 Å². The SMILES string of the molecule is Cc1ccc(-c2cc(CN3CCC(N)C(C)(C)C3)on2)cc1.Cl. The van der Waals surface area contributed by atoms with Crippen LogP contribution in [0.25, 0.3) is 11.3 Å². The van der Waals surface area contributed by atoms with Crippen LogP contribution in [0.1, 0.15) is 31.6 Å². The smallest absolute Gasteiger partial charge is 0.151 e. The van der Waals surface area contributed by atoms with Crippen molar-refractivity contribution in [3.05, 3.63) is 41.7 Å². The van der Waals surface area contributed by atoms with Crippen LogP contribution in [-0.2, 0) is 6.54 Å². The zero-order valence-electron chi connectivity index (χ0n) is 14.1. The molecule has 0 radical (unpaired) electrons. The van der Waals surface area contributed by atoms with Crippen molar-refractivity contribution in [2.75, 3.05) is 13.1 Å². The number of likely N-dealkylation sites (tertiary alicyclic amines) is 1. The topological polar surface area (TPSA) is 55.3 Å². The molecule has 0 saturated carbocycles. The molecule has 0 spiro atoms. The van der Waals surface area contributed by atoms with Gasteiger partial charge in [-0.3, -0.25) is 4.90 Å². The summed E-state index contributed by atoms with van der Waals surface area (Å²) in [6.45, 7) is 9.37. The molecule has 1 aromatic carbocycles. The molecule has 0 aliphatic carbocycles. The molecule has 1 aliphatic rings. The van der Waals surface area contributed by atoms with E-state index in [-0.39, 0.29) is 23.9 Å². The van der Waals surface area contributed by atoms with Crippen molar-refractivity contribution in [3.63, 3.8) is 0 Å². The van der Waals surface area contributed by atoms with Crippen LogP contribution in [0.4, 0.5) is 0 Å². The Balaban J connectivity index is 0.00000192. The lowest BCUT2D eigenvalue weighted by Crippen LogP contribution is -2.51. The molecule has 1 aromatic heterocycles. The first kappa shape index (κ1) is 18.0. The first-order valence-electron chi connectivity index (χ1n) is 7.95. The van der Waals surface area contributed by atoms with Crippen LogP contribution in [0, 0.1) is 12.3 Å². The van der Waals surface area contributed by atoms with Gasteiger partial charge in [-0.2, -0.15) is 0 Å². The molecule has 1 fully saturated rings. The van der Waals surface area contributed by atoms with Crippen LogP contribution in [0.3, 0.4) is 0 Å². The Labute approximate surface area is 144 Å². The van der Waals surface area contributed by atoms with Crippen LogP contribution < -0.4 is 5.73 Å². The Morgan fingerprint density at radius 1 is 1.30 bits per heavy atom. The van der Waals surface area contributed by atoms with E-state index in [1.54, 1.807) is 0 Å². The number of benzene rings is 1. The number of nitrogens with two attached hydrogens (primary N) is 1. The summed E-state index contributed by atoms with van der Waals surface area (Å²) in [6.07, 6.45) is 1.03. The maximum atomic E-state index is 6.20. The van der Waals surface area contributed by atoms with Crippen molar-refractivity contribution in [2.24, 2.45) is 11.1 Å². The highest BCUT2D eigenvalue weighted by Crippen LogP contribution is 2.29. The summed E-state index contributed by atoms with van der Waals surface area (Å²) in [5.41, 5.74) is 9.60. The standard InChI is InChI=1S/C18H25N3O.ClH/c1-13-4-6-14(7-5-13)16-10-15(22-20-16)11-21-9-8-17(19)18(2,3)12-21;/h4-7,10,17H,8-9,11-12,19H2,1-3H3;1H. The fourth-order valence-corrected chi connectivity index (χ4v) is 3.09. The lowest BCUT2D eigenvalue weighted by atomic mass is 9.80. The third-order valence-corrected chi connectivity index (χ3v) is 4.68. The van der Waals surface area contributed by atoms with Gasteiger partial charge in [0.25, 0.3) is 0 Å². The minimum atomic E-state index is 0. The molecule has 2 aromatic rings. The predicted octanol–water partition coefficient (Wildman–Crippen LogP) is 3.63. The second-order valence-electron chi connectivity index (χ2n) is 7.14. The second kappa shape index (κ2) is 7.04. The number of hydrogen-bond acceptors (Lipinski definition) is 4. The van der Waals surface area contributed by atoms with Crippen LogP contribution >= 0.6 is 12.4 Å². The summed E-state index contributed by atoms with van der Waals surface area (Å²) in [6, 6.07) is 10.7. The van der Waals surface area contributed by atoms with Gasteiger partial charge < -0.3 is 10.3 Å². The molecule has 2 heterocycles. The van der Waals surface area contributed by atoms with E-state index in [1.165, 1.54) is 5.56 Å². The highest BCUT2D eigenvalue weighted by molar-refractivity contribution is 5.85. The fourth-order valence-electron chi connectivity index (χ4n) is 3.09. The van der Waals surface area contributed by atoms with Gasteiger partial charge in [-0.05, 0) is 18.8 Å². The van der Waals surface area contributed by atoms with E-state index in [0.29, 0.717) is 0 Å². The van der Waals surface area contributed by atoms with Crippen molar-refractivity contribution < 1.29 is 4.52 Å². The molecule has 4 nitrogen and oxygen atoms in total. The Bertz CT molecular complexity index is 636.